The van der Waals surface area contributed by atoms with Gasteiger partial charge < -0.3 is 20.5 Å². The molecule has 5 nitrogen and oxygen atoms in total. The van der Waals surface area contributed by atoms with Gasteiger partial charge in [-0.25, -0.2) is 4.79 Å². The fraction of sp³-hybridized carbons (Fsp3) is 0.316. The zero-order valence-electron chi connectivity index (χ0n) is 13.7. The molecule has 1 aliphatic rings. The van der Waals surface area contributed by atoms with E-state index >= 15 is 0 Å². The molecule has 5 heteroatoms. The second-order valence-electron chi connectivity index (χ2n) is 6.02. The predicted octanol–water partition coefficient (Wildman–Crippen LogP) is 2.29. The van der Waals surface area contributed by atoms with Gasteiger partial charge in [0, 0.05) is 20.1 Å². The van der Waals surface area contributed by atoms with E-state index in [-0.39, 0.29) is 12.1 Å². The third kappa shape index (κ3) is 3.75. The summed E-state index contributed by atoms with van der Waals surface area (Å²) in [5.41, 5.74) is 4.18. The first-order chi connectivity index (χ1) is 11.7. The van der Waals surface area contributed by atoms with Crippen LogP contribution in [0.3, 0.4) is 0 Å². The van der Waals surface area contributed by atoms with Crippen LogP contribution < -0.4 is 10.6 Å². The van der Waals surface area contributed by atoms with E-state index < -0.39 is 6.10 Å². The van der Waals surface area contributed by atoms with Crippen molar-refractivity contribution in [3.05, 3.63) is 70.8 Å². The van der Waals surface area contributed by atoms with E-state index in [0.717, 1.165) is 22.3 Å². The monoisotopic (exact) mass is 326 g/mol. The number of hydrogen-bond donors (Lipinski definition) is 3. The lowest BCUT2D eigenvalue weighted by Gasteiger charge is -2.18. The molecule has 0 bridgehead atoms. The number of amides is 2. The van der Waals surface area contributed by atoms with Crippen LogP contribution in [0.1, 0.15) is 28.3 Å². The van der Waals surface area contributed by atoms with Crippen molar-refractivity contribution in [2.45, 2.75) is 31.7 Å². The normalized spacial score (nSPS) is 18.9. The molecule has 0 saturated carbocycles. The van der Waals surface area contributed by atoms with Gasteiger partial charge in [-0.15, -0.1) is 0 Å². The lowest BCUT2D eigenvalue weighted by molar-refractivity contribution is 0.142. The minimum atomic E-state index is -0.582. The first kappa shape index (κ1) is 16.5. The summed E-state index contributed by atoms with van der Waals surface area (Å²) >= 11 is 0. The number of benzene rings is 2. The topological polar surface area (TPSA) is 70.6 Å². The molecule has 3 rings (SSSR count). The molecule has 0 spiro atoms. The van der Waals surface area contributed by atoms with E-state index in [1.807, 2.05) is 48.5 Å². The molecule has 0 aliphatic heterocycles. The van der Waals surface area contributed by atoms with Gasteiger partial charge in [-0.2, -0.15) is 0 Å². The lowest BCUT2D eigenvalue weighted by atomic mass is 10.1. The van der Waals surface area contributed by atoms with Crippen LogP contribution in [0.4, 0.5) is 4.79 Å². The molecule has 0 radical (unpaired) electrons. The molecule has 0 unspecified atom stereocenters. The molecule has 2 aromatic carbocycles. The summed E-state index contributed by atoms with van der Waals surface area (Å²) < 4.78 is 5.08. The molecule has 2 aromatic rings. The summed E-state index contributed by atoms with van der Waals surface area (Å²) in [4.78, 5) is 12.1. The van der Waals surface area contributed by atoms with Crippen molar-refractivity contribution in [3.63, 3.8) is 0 Å². The number of nitrogens with one attached hydrogen (secondary N) is 2. The molecule has 1 aliphatic carbocycles. The average Bonchev–Trinajstić information content (AvgIpc) is 2.90. The number of methoxy groups -OCH3 is 1. The van der Waals surface area contributed by atoms with Gasteiger partial charge in [-0.1, -0.05) is 48.5 Å². The maximum atomic E-state index is 12.1. The van der Waals surface area contributed by atoms with Gasteiger partial charge in [-0.05, 0) is 22.3 Å². The number of aliphatic hydroxyl groups is 1. The van der Waals surface area contributed by atoms with Crippen molar-refractivity contribution >= 4 is 6.03 Å². The maximum absolute atomic E-state index is 12.1. The molecule has 24 heavy (non-hydrogen) atoms. The standard InChI is InChI=1S/C19H22N2O3/c1-24-12-14-8-6-13(7-9-14)11-20-19(23)21-18-16-5-3-2-4-15(16)10-17(18)22/h2-9,17-18,22H,10-12H2,1H3,(H2,20,21,23)/t17-,18+/m1/s1. The largest absolute Gasteiger partial charge is 0.390 e. The Bertz CT molecular complexity index is 700. The molecular formula is C19H22N2O3. The molecule has 126 valence electrons. The Hall–Kier alpha value is -2.37. The van der Waals surface area contributed by atoms with E-state index in [1.54, 1.807) is 7.11 Å². The minimum Gasteiger partial charge on any atom is -0.390 e. The molecule has 0 aromatic heterocycles. The fourth-order valence-corrected chi connectivity index (χ4v) is 3.04. The zero-order valence-corrected chi connectivity index (χ0v) is 13.7. The van der Waals surface area contributed by atoms with Crippen LogP contribution in [0.5, 0.6) is 0 Å². The number of aliphatic hydroxyl groups excluding tert-OH is 1. The van der Waals surface area contributed by atoms with Gasteiger partial charge in [0.05, 0.1) is 18.8 Å². The summed E-state index contributed by atoms with van der Waals surface area (Å²) in [6, 6.07) is 15.1. The predicted molar refractivity (Wildman–Crippen MR) is 91.4 cm³/mol. The van der Waals surface area contributed by atoms with Crippen molar-refractivity contribution in [2.24, 2.45) is 0 Å². The van der Waals surface area contributed by atoms with Crippen molar-refractivity contribution < 1.29 is 14.6 Å². The third-order valence-corrected chi connectivity index (χ3v) is 4.28. The fourth-order valence-electron chi connectivity index (χ4n) is 3.04. The van der Waals surface area contributed by atoms with Crippen LogP contribution in [0.15, 0.2) is 48.5 Å². The number of carbonyl (C=O) groups excluding carboxylic acids is 1. The number of fused-ring (bicyclic) bond motifs is 1. The molecule has 0 saturated heterocycles. The van der Waals surface area contributed by atoms with Crippen LogP contribution in [0.2, 0.25) is 0 Å². The second kappa shape index (κ2) is 7.47. The van der Waals surface area contributed by atoms with Gasteiger partial charge in [0.2, 0.25) is 0 Å². The highest BCUT2D eigenvalue weighted by Crippen LogP contribution is 2.31. The van der Waals surface area contributed by atoms with Gasteiger partial charge in [0.15, 0.2) is 0 Å². The van der Waals surface area contributed by atoms with Crippen molar-refractivity contribution in [3.8, 4) is 0 Å². The van der Waals surface area contributed by atoms with Crippen LogP contribution in [-0.2, 0) is 24.3 Å². The summed E-state index contributed by atoms with van der Waals surface area (Å²) in [5.74, 6) is 0. The zero-order chi connectivity index (χ0) is 16.9. The highest BCUT2D eigenvalue weighted by Gasteiger charge is 2.31. The highest BCUT2D eigenvalue weighted by molar-refractivity contribution is 5.74. The average molecular weight is 326 g/mol. The SMILES string of the molecule is COCc1ccc(CNC(=O)N[C@H]2c3ccccc3C[C@H]2O)cc1. The Labute approximate surface area is 141 Å². The smallest absolute Gasteiger partial charge is 0.315 e. The van der Waals surface area contributed by atoms with E-state index in [2.05, 4.69) is 10.6 Å². The minimum absolute atomic E-state index is 0.281. The Balaban J connectivity index is 1.54. The number of hydrogen-bond acceptors (Lipinski definition) is 3. The molecule has 0 fully saturated rings. The Morgan fingerprint density at radius 1 is 1.17 bits per heavy atom. The van der Waals surface area contributed by atoms with Crippen LogP contribution in [0.25, 0.3) is 0 Å². The molecule has 0 heterocycles. The van der Waals surface area contributed by atoms with Gasteiger partial charge in [-0.3, -0.25) is 0 Å². The van der Waals surface area contributed by atoms with E-state index in [4.69, 9.17) is 4.74 Å². The van der Waals surface area contributed by atoms with Crippen LogP contribution in [0, 0.1) is 0 Å². The molecule has 2 atom stereocenters. The van der Waals surface area contributed by atoms with E-state index in [9.17, 15) is 9.90 Å². The second-order valence-corrected chi connectivity index (χ2v) is 6.02. The number of rotatable bonds is 5. The number of carbonyl (C=O) groups is 1. The Kier molecular flexibility index (Phi) is 5.13. The lowest BCUT2D eigenvalue weighted by Crippen LogP contribution is -2.40. The van der Waals surface area contributed by atoms with Gasteiger partial charge in [0.1, 0.15) is 0 Å². The van der Waals surface area contributed by atoms with E-state index in [1.165, 1.54) is 0 Å². The van der Waals surface area contributed by atoms with Crippen molar-refractivity contribution in [2.75, 3.05) is 7.11 Å². The summed E-state index contributed by atoms with van der Waals surface area (Å²) in [5, 5.41) is 15.9. The maximum Gasteiger partial charge on any atom is 0.315 e. The Morgan fingerprint density at radius 3 is 2.62 bits per heavy atom. The molecular weight excluding hydrogens is 304 g/mol. The first-order valence-corrected chi connectivity index (χ1v) is 8.04. The van der Waals surface area contributed by atoms with Crippen LogP contribution in [-0.4, -0.2) is 24.4 Å². The summed E-state index contributed by atoms with van der Waals surface area (Å²) in [6.45, 7) is 1.01. The number of urea groups is 1. The van der Waals surface area contributed by atoms with Crippen molar-refractivity contribution in [1.29, 1.82) is 0 Å². The third-order valence-electron chi connectivity index (χ3n) is 4.28. The van der Waals surface area contributed by atoms with Crippen molar-refractivity contribution in [1.82, 2.24) is 10.6 Å². The van der Waals surface area contributed by atoms with Crippen LogP contribution >= 0.6 is 0 Å². The Morgan fingerprint density at radius 2 is 1.88 bits per heavy atom. The number of ether oxygens (including phenoxy) is 1. The quantitative estimate of drug-likeness (QED) is 0.789. The van der Waals surface area contributed by atoms with Gasteiger partial charge >= 0.3 is 6.03 Å². The summed E-state index contributed by atoms with van der Waals surface area (Å²) in [7, 11) is 1.66. The first-order valence-electron chi connectivity index (χ1n) is 8.04. The highest BCUT2D eigenvalue weighted by atomic mass is 16.5. The molecule has 2 amide bonds. The molecule has 3 N–H and O–H groups in total. The summed E-state index contributed by atoms with van der Waals surface area (Å²) in [6.07, 6.45) is -0.0105. The van der Waals surface area contributed by atoms with E-state index in [0.29, 0.717) is 19.6 Å². The van der Waals surface area contributed by atoms with Gasteiger partial charge in [0.25, 0.3) is 0 Å².